The van der Waals surface area contributed by atoms with Crippen molar-refractivity contribution in [1.29, 1.82) is 0 Å². The summed E-state index contributed by atoms with van der Waals surface area (Å²) in [5.74, 6) is 0.385. The number of carbonyl (C=O) groups is 1. The summed E-state index contributed by atoms with van der Waals surface area (Å²) in [7, 11) is 0. The molecule has 1 N–H and O–H groups in total. The van der Waals surface area contributed by atoms with E-state index >= 15 is 0 Å². The molecule has 1 atom stereocenters. The fourth-order valence-corrected chi connectivity index (χ4v) is 2.90. The van der Waals surface area contributed by atoms with E-state index in [-0.39, 0.29) is 5.97 Å². The van der Waals surface area contributed by atoms with Crippen molar-refractivity contribution in [2.45, 2.75) is 39.2 Å². The minimum absolute atomic E-state index is 0.264. The second-order valence-electron chi connectivity index (χ2n) is 5.61. The van der Waals surface area contributed by atoms with E-state index in [0.29, 0.717) is 11.8 Å². The van der Waals surface area contributed by atoms with Gasteiger partial charge in [0.25, 0.3) is 0 Å². The highest BCUT2D eigenvalue weighted by molar-refractivity contribution is 5.69. The summed E-state index contributed by atoms with van der Waals surface area (Å²) in [5.41, 5.74) is 1.25. The number of hydrogen-bond acceptors (Lipinski definition) is 4. The molecule has 1 saturated heterocycles. The number of hydrogen-bond donors (Lipinski definition) is 1. The molecule has 0 aromatic heterocycles. The van der Waals surface area contributed by atoms with Crippen LogP contribution in [0.15, 0.2) is 24.3 Å². The highest BCUT2D eigenvalue weighted by Crippen LogP contribution is 2.29. The van der Waals surface area contributed by atoms with Crippen molar-refractivity contribution in [3.05, 3.63) is 29.8 Å². The first-order chi connectivity index (χ1) is 10.2. The number of esters is 1. The molecule has 1 aromatic carbocycles. The first kappa shape index (κ1) is 16.0. The number of carbonyl (C=O) groups excluding carboxylic acids is 1. The summed E-state index contributed by atoms with van der Waals surface area (Å²) in [6.07, 6.45) is 3.57. The average Bonchev–Trinajstić information content (AvgIpc) is 2.48. The van der Waals surface area contributed by atoms with E-state index in [1.54, 1.807) is 0 Å². The van der Waals surface area contributed by atoms with Crippen LogP contribution in [-0.2, 0) is 4.79 Å². The molecule has 0 saturated carbocycles. The summed E-state index contributed by atoms with van der Waals surface area (Å²) in [6, 6.07) is 8.41. The second-order valence-corrected chi connectivity index (χ2v) is 5.61. The van der Waals surface area contributed by atoms with Gasteiger partial charge in [-0.1, -0.05) is 31.9 Å². The highest BCUT2D eigenvalue weighted by atomic mass is 16.5. The molecule has 1 aromatic rings. The Bertz CT molecular complexity index is 456. The van der Waals surface area contributed by atoms with Gasteiger partial charge in [0.1, 0.15) is 5.75 Å². The predicted octanol–water partition coefficient (Wildman–Crippen LogP) is 2.75. The second kappa shape index (κ2) is 8.15. The Labute approximate surface area is 127 Å². The van der Waals surface area contributed by atoms with Crippen molar-refractivity contribution >= 4 is 5.97 Å². The third-order valence-corrected chi connectivity index (χ3v) is 3.93. The quantitative estimate of drug-likeness (QED) is 0.646. The molecule has 1 fully saturated rings. The highest BCUT2D eigenvalue weighted by Gasteiger charge is 2.22. The fraction of sp³-hybridized carbons (Fsp3) is 0.588. The van der Waals surface area contributed by atoms with Gasteiger partial charge in [-0.25, -0.2) is 0 Å². The lowest BCUT2D eigenvalue weighted by Gasteiger charge is -2.35. The zero-order valence-electron chi connectivity index (χ0n) is 13.1. The van der Waals surface area contributed by atoms with Crippen molar-refractivity contribution in [1.82, 2.24) is 10.2 Å². The van der Waals surface area contributed by atoms with E-state index in [4.69, 9.17) is 4.74 Å². The molecule has 1 aliphatic heterocycles. The molecule has 0 radical (unpaired) electrons. The van der Waals surface area contributed by atoms with E-state index in [9.17, 15) is 4.79 Å². The lowest BCUT2D eigenvalue weighted by atomic mass is 9.98. The smallest absolute Gasteiger partial charge is 0.308 e. The zero-order valence-corrected chi connectivity index (χ0v) is 13.1. The summed E-state index contributed by atoms with van der Waals surface area (Å²) >= 11 is 0. The standard InChI is InChI=1S/C17H26N2O2/c1-3-4-8-17(19-11-9-18-10-12-19)15-6-5-7-16(13-15)21-14(2)20/h5-7,13,17-18H,3-4,8-12H2,1-2H3/t17-/m1/s1. The zero-order chi connectivity index (χ0) is 15.1. The molecular formula is C17H26N2O2. The van der Waals surface area contributed by atoms with Crippen molar-refractivity contribution in [2.75, 3.05) is 26.2 Å². The lowest BCUT2D eigenvalue weighted by molar-refractivity contribution is -0.131. The van der Waals surface area contributed by atoms with Gasteiger partial charge in [0, 0.05) is 39.1 Å². The molecule has 1 aliphatic rings. The van der Waals surface area contributed by atoms with E-state index in [2.05, 4.69) is 23.2 Å². The molecule has 116 valence electrons. The van der Waals surface area contributed by atoms with E-state index < -0.39 is 0 Å². The minimum atomic E-state index is -0.264. The van der Waals surface area contributed by atoms with Gasteiger partial charge in [-0.3, -0.25) is 9.69 Å². The fourth-order valence-electron chi connectivity index (χ4n) is 2.90. The van der Waals surface area contributed by atoms with Crippen LogP contribution in [0.4, 0.5) is 0 Å². The Balaban J connectivity index is 2.16. The molecule has 4 nitrogen and oxygen atoms in total. The molecule has 0 aliphatic carbocycles. The molecule has 4 heteroatoms. The van der Waals surface area contributed by atoms with Crippen LogP contribution in [0.2, 0.25) is 0 Å². The largest absolute Gasteiger partial charge is 0.427 e. The van der Waals surface area contributed by atoms with Crippen molar-refractivity contribution in [2.24, 2.45) is 0 Å². The number of unbranched alkanes of at least 4 members (excludes halogenated alkanes) is 1. The van der Waals surface area contributed by atoms with Crippen LogP contribution < -0.4 is 10.1 Å². The Morgan fingerprint density at radius 1 is 1.38 bits per heavy atom. The summed E-state index contributed by atoms with van der Waals surface area (Å²) in [4.78, 5) is 13.7. The molecule has 21 heavy (non-hydrogen) atoms. The predicted molar refractivity (Wildman–Crippen MR) is 84.5 cm³/mol. The van der Waals surface area contributed by atoms with Crippen LogP contribution in [-0.4, -0.2) is 37.0 Å². The molecule has 0 spiro atoms. The maximum Gasteiger partial charge on any atom is 0.308 e. The Hall–Kier alpha value is -1.39. The summed E-state index contributed by atoms with van der Waals surface area (Å²) in [6.45, 7) is 7.92. The number of piperazine rings is 1. The number of nitrogens with zero attached hydrogens (tertiary/aromatic N) is 1. The third-order valence-electron chi connectivity index (χ3n) is 3.93. The van der Waals surface area contributed by atoms with Gasteiger partial charge in [0.2, 0.25) is 0 Å². The van der Waals surface area contributed by atoms with Crippen LogP contribution in [0.3, 0.4) is 0 Å². The Kier molecular flexibility index (Phi) is 6.21. The van der Waals surface area contributed by atoms with Crippen LogP contribution in [0.5, 0.6) is 5.75 Å². The number of benzene rings is 1. The molecule has 0 unspecified atom stereocenters. The van der Waals surface area contributed by atoms with Crippen LogP contribution in [0.25, 0.3) is 0 Å². The topological polar surface area (TPSA) is 41.6 Å². The van der Waals surface area contributed by atoms with Crippen molar-refractivity contribution in [3.8, 4) is 5.75 Å². The van der Waals surface area contributed by atoms with E-state index in [0.717, 1.165) is 32.6 Å². The van der Waals surface area contributed by atoms with Crippen LogP contribution in [0.1, 0.15) is 44.7 Å². The van der Waals surface area contributed by atoms with Gasteiger partial charge in [0.05, 0.1) is 0 Å². The van der Waals surface area contributed by atoms with Gasteiger partial charge in [0.15, 0.2) is 0 Å². The van der Waals surface area contributed by atoms with Crippen molar-refractivity contribution < 1.29 is 9.53 Å². The number of nitrogens with one attached hydrogen (secondary N) is 1. The SMILES string of the molecule is CCCC[C@H](c1cccc(OC(C)=O)c1)N1CCNCC1. The Morgan fingerprint density at radius 3 is 2.81 bits per heavy atom. The first-order valence-corrected chi connectivity index (χ1v) is 7.94. The van der Waals surface area contributed by atoms with Crippen molar-refractivity contribution in [3.63, 3.8) is 0 Å². The normalized spacial score (nSPS) is 17.4. The maximum atomic E-state index is 11.1. The maximum absolute atomic E-state index is 11.1. The van der Waals surface area contributed by atoms with E-state index in [1.807, 2.05) is 18.2 Å². The van der Waals surface area contributed by atoms with Gasteiger partial charge >= 0.3 is 5.97 Å². The average molecular weight is 290 g/mol. The minimum Gasteiger partial charge on any atom is -0.427 e. The Morgan fingerprint density at radius 2 is 2.14 bits per heavy atom. The monoisotopic (exact) mass is 290 g/mol. The van der Waals surface area contributed by atoms with Crippen LogP contribution in [0, 0.1) is 0 Å². The number of rotatable bonds is 6. The molecule has 2 rings (SSSR count). The molecular weight excluding hydrogens is 264 g/mol. The summed E-state index contributed by atoms with van der Waals surface area (Å²) < 4.78 is 5.23. The molecule has 0 amide bonds. The summed E-state index contributed by atoms with van der Waals surface area (Å²) in [5, 5.41) is 3.40. The van der Waals surface area contributed by atoms with E-state index in [1.165, 1.54) is 25.3 Å². The molecule has 0 bridgehead atoms. The van der Waals surface area contributed by atoms with Gasteiger partial charge < -0.3 is 10.1 Å². The van der Waals surface area contributed by atoms with Gasteiger partial charge in [-0.15, -0.1) is 0 Å². The lowest BCUT2D eigenvalue weighted by Crippen LogP contribution is -2.45. The van der Waals surface area contributed by atoms with Crippen LogP contribution >= 0.6 is 0 Å². The molecule has 1 heterocycles. The third kappa shape index (κ3) is 4.83. The number of ether oxygens (including phenoxy) is 1. The first-order valence-electron chi connectivity index (χ1n) is 7.94. The van der Waals surface area contributed by atoms with Gasteiger partial charge in [-0.2, -0.15) is 0 Å². The van der Waals surface area contributed by atoms with Gasteiger partial charge in [-0.05, 0) is 24.1 Å².